The summed E-state index contributed by atoms with van der Waals surface area (Å²) < 4.78 is 25.0. The molecular weight excluding hydrogens is 287 g/mol. The zero-order chi connectivity index (χ0) is 15.5. The third-order valence-corrected chi connectivity index (χ3v) is 4.14. The van der Waals surface area contributed by atoms with Gasteiger partial charge in [0.1, 0.15) is 6.04 Å². The van der Waals surface area contributed by atoms with Gasteiger partial charge in [-0.2, -0.15) is 0 Å². The monoisotopic (exact) mass is 308 g/mol. The number of benzene rings is 1. The first-order valence-corrected chi connectivity index (χ1v) is 7.75. The lowest BCUT2D eigenvalue weighted by molar-refractivity contribution is -0.123. The quantitative estimate of drug-likeness (QED) is 0.894. The Hall–Kier alpha value is -1.66. The van der Waals surface area contributed by atoms with Crippen LogP contribution in [0.3, 0.4) is 0 Å². The fraction of sp³-hybridized carbons (Fsp3) is 0.562. The van der Waals surface area contributed by atoms with Gasteiger partial charge in [0.2, 0.25) is 5.91 Å². The number of ether oxygens (including phenoxy) is 2. The number of nitrogens with one attached hydrogen (secondary N) is 2. The molecule has 5 nitrogen and oxygen atoms in total. The van der Waals surface area contributed by atoms with Gasteiger partial charge in [0.25, 0.3) is 0 Å². The van der Waals surface area contributed by atoms with Crippen molar-refractivity contribution in [3.8, 4) is 5.75 Å². The van der Waals surface area contributed by atoms with Crippen molar-refractivity contribution in [3.05, 3.63) is 24.0 Å². The Morgan fingerprint density at radius 1 is 1.45 bits per heavy atom. The topological polar surface area (TPSA) is 59.6 Å². The second-order valence-electron chi connectivity index (χ2n) is 5.81. The summed E-state index contributed by atoms with van der Waals surface area (Å²) in [7, 11) is 0. The molecule has 0 aromatic heterocycles. The highest BCUT2D eigenvalue weighted by Crippen LogP contribution is 2.28. The zero-order valence-electron chi connectivity index (χ0n) is 12.6. The number of rotatable bonds is 4. The molecule has 22 heavy (non-hydrogen) atoms. The van der Waals surface area contributed by atoms with Gasteiger partial charge in [0.05, 0.1) is 18.8 Å². The summed E-state index contributed by atoms with van der Waals surface area (Å²) in [6, 6.07) is 4.09. The molecule has 1 aliphatic heterocycles. The average molecular weight is 308 g/mol. The summed E-state index contributed by atoms with van der Waals surface area (Å²) >= 11 is 0. The molecule has 0 unspecified atom stereocenters. The van der Waals surface area contributed by atoms with Crippen LogP contribution in [0.4, 0.5) is 10.1 Å². The molecule has 0 radical (unpaired) electrons. The van der Waals surface area contributed by atoms with Crippen LogP contribution >= 0.6 is 0 Å². The zero-order valence-corrected chi connectivity index (χ0v) is 12.6. The summed E-state index contributed by atoms with van der Waals surface area (Å²) in [5.74, 6) is -0.431. The van der Waals surface area contributed by atoms with Crippen LogP contribution in [0.25, 0.3) is 0 Å². The van der Waals surface area contributed by atoms with E-state index < -0.39 is 11.9 Å². The van der Waals surface area contributed by atoms with Gasteiger partial charge >= 0.3 is 0 Å². The summed E-state index contributed by atoms with van der Waals surface area (Å²) in [5, 5.41) is 5.82. The van der Waals surface area contributed by atoms with E-state index in [-0.39, 0.29) is 23.9 Å². The first-order chi connectivity index (χ1) is 10.6. The number of anilines is 1. The lowest BCUT2D eigenvalue weighted by Crippen LogP contribution is -2.53. The molecule has 1 aromatic rings. The molecular formula is C16H21FN2O3. The fourth-order valence-electron chi connectivity index (χ4n) is 2.59. The van der Waals surface area contributed by atoms with Gasteiger partial charge in [-0.3, -0.25) is 4.79 Å². The molecule has 6 heteroatoms. The highest BCUT2D eigenvalue weighted by atomic mass is 19.1. The van der Waals surface area contributed by atoms with Gasteiger partial charge in [-0.05, 0) is 38.3 Å². The Morgan fingerprint density at radius 3 is 2.91 bits per heavy atom. The molecule has 2 N–H and O–H groups in total. The van der Waals surface area contributed by atoms with E-state index in [4.69, 9.17) is 9.47 Å². The van der Waals surface area contributed by atoms with Crippen LogP contribution in [0.5, 0.6) is 5.75 Å². The smallest absolute Gasteiger partial charge is 0.244 e. The predicted molar refractivity (Wildman–Crippen MR) is 80.5 cm³/mol. The molecule has 2 atom stereocenters. The number of morpholine rings is 1. The first-order valence-electron chi connectivity index (χ1n) is 7.75. The maximum Gasteiger partial charge on any atom is 0.244 e. The van der Waals surface area contributed by atoms with Crippen LogP contribution in [0.15, 0.2) is 18.2 Å². The Labute approximate surface area is 129 Å². The van der Waals surface area contributed by atoms with E-state index in [1.54, 1.807) is 12.1 Å². The summed E-state index contributed by atoms with van der Waals surface area (Å²) in [4.78, 5) is 12.2. The molecule has 1 aromatic carbocycles. The van der Waals surface area contributed by atoms with E-state index in [1.807, 2.05) is 6.92 Å². The van der Waals surface area contributed by atoms with Crippen molar-refractivity contribution < 1.29 is 18.7 Å². The Bertz CT molecular complexity index is 548. The molecule has 1 aliphatic carbocycles. The van der Waals surface area contributed by atoms with E-state index >= 15 is 0 Å². The van der Waals surface area contributed by atoms with Gasteiger partial charge in [0.15, 0.2) is 11.6 Å². The second-order valence-corrected chi connectivity index (χ2v) is 5.81. The Balaban J connectivity index is 1.62. The van der Waals surface area contributed by atoms with Crippen molar-refractivity contribution in [3.63, 3.8) is 0 Å². The van der Waals surface area contributed by atoms with E-state index in [0.29, 0.717) is 18.8 Å². The Kier molecular flexibility index (Phi) is 4.59. The third-order valence-electron chi connectivity index (χ3n) is 4.14. The van der Waals surface area contributed by atoms with Crippen LogP contribution < -0.4 is 15.4 Å². The first kappa shape index (κ1) is 15.2. The Morgan fingerprint density at radius 2 is 2.27 bits per heavy atom. The standard InChI is InChI=1S/C16H21FN2O3/c1-10-15(18-7-8-21-10)16(20)19-11-5-6-14(13(17)9-11)22-12-3-2-4-12/h5-6,9-10,12,15,18H,2-4,7-8H2,1H3,(H,19,20)/t10-,15+/m1/s1. The molecule has 1 saturated carbocycles. The number of amides is 1. The predicted octanol–water partition coefficient (Wildman–Crippen LogP) is 2.07. The molecule has 0 spiro atoms. The molecule has 3 rings (SSSR count). The van der Waals surface area contributed by atoms with Crippen molar-refractivity contribution in [1.82, 2.24) is 5.32 Å². The van der Waals surface area contributed by atoms with Crippen molar-refractivity contribution in [1.29, 1.82) is 0 Å². The van der Waals surface area contributed by atoms with E-state index in [9.17, 15) is 9.18 Å². The van der Waals surface area contributed by atoms with Crippen molar-refractivity contribution in [2.45, 2.75) is 44.4 Å². The normalized spacial score (nSPS) is 25.4. The second kappa shape index (κ2) is 6.62. The van der Waals surface area contributed by atoms with Crippen molar-refractivity contribution in [2.24, 2.45) is 0 Å². The lowest BCUT2D eigenvalue weighted by atomic mass is 9.96. The van der Waals surface area contributed by atoms with E-state index in [0.717, 1.165) is 19.3 Å². The largest absolute Gasteiger partial charge is 0.487 e. The summed E-state index contributed by atoms with van der Waals surface area (Å²) in [5.41, 5.74) is 0.419. The molecule has 1 saturated heterocycles. The van der Waals surface area contributed by atoms with Crippen LogP contribution in [0.1, 0.15) is 26.2 Å². The molecule has 2 aliphatic rings. The summed E-state index contributed by atoms with van der Waals surface area (Å²) in [6.45, 7) is 3.06. The van der Waals surface area contributed by atoms with Gasteiger partial charge in [-0.1, -0.05) is 0 Å². The maximum atomic E-state index is 14.0. The van der Waals surface area contributed by atoms with E-state index in [2.05, 4.69) is 10.6 Å². The molecule has 1 heterocycles. The van der Waals surface area contributed by atoms with Gasteiger partial charge in [0, 0.05) is 18.3 Å². The average Bonchev–Trinajstić information content (AvgIpc) is 2.45. The van der Waals surface area contributed by atoms with Gasteiger partial charge in [-0.15, -0.1) is 0 Å². The van der Waals surface area contributed by atoms with Gasteiger partial charge in [-0.25, -0.2) is 4.39 Å². The van der Waals surface area contributed by atoms with Crippen LogP contribution in [-0.4, -0.2) is 37.3 Å². The number of carbonyl (C=O) groups is 1. The highest BCUT2D eigenvalue weighted by Gasteiger charge is 2.28. The highest BCUT2D eigenvalue weighted by molar-refractivity contribution is 5.95. The van der Waals surface area contributed by atoms with Gasteiger partial charge < -0.3 is 20.1 Å². The van der Waals surface area contributed by atoms with Crippen LogP contribution in [-0.2, 0) is 9.53 Å². The molecule has 0 bridgehead atoms. The minimum Gasteiger partial charge on any atom is -0.487 e. The van der Waals surface area contributed by atoms with Crippen molar-refractivity contribution in [2.75, 3.05) is 18.5 Å². The number of hydrogen-bond acceptors (Lipinski definition) is 4. The summed E-state index contributed by atoms with van der Waals surface area (Å²) in [6.07, 6.45) is 3.00. The lowest BCUT2D eigenvalue weighted by Gasteiger charge is -2.29. The maximum absolute atomic E-state index is 14.0. The van der Waals surface area contributed by atoms with Crippen LogP contribution in [0.2, 0.25) is 0 Å². The molecule has 1 amide bonds. The number of halogens is 1. The SMILES string of the molecule is C[C@H]1OCCN[C@@H]1C(=O)Nc1ccc(OC2CCC2)c(F)c1. The molecule has 120 valence electrons. The fourth-order valence-corrected chi connectivity index (χ4v) is 2.59. The van der Waals surface area contributed by atoms with E-state index in [1.165, 1.54) is 6.07 Å². The minimum absolute atomic E-state index is 0.124. The van der Waals surface area contributed by atoms with Crippen molar-refractivity contribution >= 4 is 11.6 Å². The minimum atomic E-state index is -0.453. The number of hydrogen-bond donors (Lipinski definition) is 2. The molecule has 2 fully saturated rings. The third kappa shape index (κ3) is 3.39. The van der Waals surface area contributed by atoms with Crippen LogP contribution in [0, 0.1) is 5.82 Å². The number of carbonyl (C=O) groups excluding carboxylic acids is 1.